The number of aryl methyl sites for hydroxylation is 1. The molecule has 0 spiro atoms. The molecule has 18 heavy (non-hydrogen) atoms. The van der Waals surface area contributed by atoms with Gasteiger partial charge in [0.1, 0.15) is 5.56 Å². The van der Waals surface area contributed by atoms with Crippen molar-refractivity contribution in [3.8, 4) is 11.3 Å². The summed E-state index contributed by atoms with van der Waals surface area (Å²) >= 11 is 5.33. The first-order valence-electron chi connectivity index (χ1n) is 5.50. The van der Waals surface area contributed by atoms with Crippen molar-refractivity contribution in [3.63, 3.8) is 0 Å². The van der Waals surface area contributed by atoms with Crippen molar-refractivity contribution in [1.29, 1.82) is 0 Å². The van der Waals surface area contributed by atoms with E-state index in [0.29, 0.717) is 5.69 Å². The summed E-state index contributed by atoms with van der Waals surface area (Å²) < 4.78 is 0. The highest BCUT2D eigenvalue weighted by atomic mass is 35.5. The molecule has 0 aliphatic rings. The minimum Gasteiger partial charge on any atom is -0.275 e. The molecule has 0 aliphatic carbocycles. The molecule has 1 heterocycles. The Morgan fingerprint density at radius 3 is 2.56 bits per heavy atom. The lowest BCUT2D eigenvalue weighted by Gasteiger charge is -2.02. The fraction of sp³-hybridized carbons (Fsp3) is 0.154. The van der Waals surface area contributed by atoms with E-state index >= 15 is 0 Å². The van der Waals surface area contributed by atoms with Crippen molar-refractivity contribution in [3.05, 3.63) is 51.8 Å². The van der Waals surface area contributed by atoms with Crippen LogP contribution < -0.4 is 5.56 Å². The van der Waals surface area contributed by atoms with Gasteiger partial charge in [-0.1, -0.05) is 31.2 Å². The van der Waals surface area contributed by atoms with Gasteiger partial charge >= 0.3 is 0 Å². The first kappa shape index (κ1) is 12.5. The summed E-state index contributed by atoms with van der Waals surface area (Å²) in [5.74, 6) is 0. The number of halogens is 1. The van der Waals surface area contributed by atoms with E-state index in [1.165, 1.54) is 11.6 Å². The summed E-state index contributed by atoms with van der Waals surface area (Å²) in [5.41, 5.74) is 1.87. The fourth-order valence-electron chi connectivity index (χ4n) is 1.61. The number of H-pyrrole nitrogens is 1. The molecule has 2 rings (SSSR count). The fourth-order valence-corrected chi connectivity index (χ4v) is 1.75. The largest absolute Gasteiger partial charge is 0.276 e. The minimum atomic E-state index is -0.787. The zero-order valence-corrected chi connectivity index (χ0v) is 10.5. The third-order valence-electron chi connectivity index (χ3n) is 2.67. The van der Waals surface area contributed by atoms with Crippen molar-refractivity contribution < 1.29 is 4.79 Å². The maximum Gasteiger partial charge on any atom is 0.276 e. The summed E-state index contributed by atoms with van der Waals surface area (Å²) in [5, 5.41) is 5.38. The molecule has 1 aromatic carbocycles. The highest BCUT2D eigenvalue weighted by Crippen LogP contribution is 2.17. The number of hydrogen-bond donors (Lipinski definition) is 1. The third-order valence-corrected chi connectivity index (χ3v) is 2.88. The van der Waals surface area contributed by atoms with Crippen LogP contribution in [0.1, 0.15) is 22.8 Å². The van der Waals surface area contributed by atoms with Gasteiger partial charge in [-0.25, -0.2) is 5.10 Å². The van der Waals surface area contributed by atoms with Crippen molar-refractivity contribution in [2.24, 2.45) is 0 Å². The van der Waals surface area contributed by atoms with E-state index < -0.39 is 10.8 Å². The monoisotopic (exact) mass is 262 g/mol. The highest BCUT2D eigenvalue weighted by molar-refractivity contribution is 6.67. The number of aromatic amines is 1. The molecule has 1 N–H and O–H groups in total. The normalized spacial score (nSPS) is 10.3. The predicted octanol–water partition coefficient (Wildman–Crippen LogP) is 2.38. The molecule has 0 atom stereocenters. The lowest BCUT2D eigenvalue weighted by molar-refractivity contribution is 0.108. The molecule has 92 valence electrons. The summed E-state index contributed by atoms with van der Waals surface area (Å²) in [6, 6.07) is 9.13. The summed E-state index contributed by atoms with van der Waals surface area (Å²) in [4.78, 5) is 22.4. The second-order valence-electron chi connectivity index (χ2n) is 3.82. The quantitative estimate of drug-likeness (QED) is 0.864. The van der Waals surface area contributed by atoms with Crippen molar-refractivity contribution in [1.82, 2.24) is 10.2 Å². The molecular weight excluding hydrogens is 252 g/mol. The molecule has 0 saturated carbocycles. The van der Waals surface area contributed by atoms with Crippen LogP contribution in [0, 0.1) is 0 Å². The maximum atomic E-state index is 11.3. The molecule has 0 fully saturated rings. The molecule has 0 amide bonds. The Balaban J connectivity index is 2.47. The average molecular weight is 263 g/mol. The molecule has 0 unspecified atom stereocenters. The van der Waals surface area contributed by atoms with E-state index in [1.54, 1.807) is 0 Å². The van der Waals surface area contributed by atoms with E-state index in [2.05, 4.69) is 17.1 Å². The van der Waals surface area contributed by atoms with Crippen LogP contribution in [0.4, 0.5) is 0 Å². The van der Waals surface area contributed by atoms with Crippen LogP contribution in [0.2, 0.25) is 0 Å². The van der Waals surface area contributed by atoms with E-state index in [9.17, 15) is 9.59 Å². The Morgan fingerprint density at radius 2 is 2.00 bits per heavy atom. The number of rotatable bonds is 3. The topological polar surface area (TPSA) is 62.8 Å². The molecular formula is C13H11ClN2O2. The number of nitrogens with one attached hydrogen (secondary N) is 1. The smallest absolute Gasteiger partial charge is 0.275 e. The number of hydrogen-bond acceptors (Lipinski definition) is 3. The number of benzene rings is 1. The molecule has 0 aliphatic heterocycles. The summed E-state index contributed by atoms with van der Waals surface area (Å²) in [6.07, 6.45) is 0.949. The van der Waals surface area contributed by atoms with Crippen LogP contribution in [-0.2, 0) is 6.42 Å². The Bertz CT molecular complexity index is 632. The van der Waals surface area contributed by atoms with Gasteiger partial charge in [0.05, 0.1) is 5.69 Å². The van der Waals surface area contributed by atoms with Gasteiger partial charge in [0, 0.05) is 5.56 Å². The third kappa shape index (κ3) is 2.49. The van der Waals surface area contributed by atoms with Gasteiger partial charge in [0.2, 0.25) is 0 Å². The number of aromatic nitrogens is 2. The van der Waals surface area contributed by atoms with E-state index in [1.807, 2.05) is 24.3 Å². The molecule has 0 bridgehead atoms. The van der Waals surface area contributed by atoms with Gasteiger partial charge in [0.15, 0.2) is 0 Å². The second kappa shape index (κ2) is 5.14. The Kier molecular flexibility index (Phi) is 3.58. The van der Waals surface area contributed by atoms with Gasteiger partial charge in [-0.15, -0.1) is 0 Å². The van der Waals surface area contributed by atoms with Gasteiger partial charge in [-0.3, -0.25) is 9.59 Å². The van der Waals surface area contributed by atoms with Gasteiger partial charge in [-0.05, 0) is 29.7 Å². The SMILES string of the molecule is CCc1ccc(-c2cc(C(=O)Cl)c(=O)[nH]n2)cc1. The van der Waals surface area contributed by atoms with Crippen molar-refractivity contribution in [2.75, 3.05) is 0 Å². The Labute approximate surface area is 109 Å². The van der Waals surface area contributed by atoms with Gasteiger partial charge in [-0.2, -0.15) is 5.10 Å². The first-order chi connectivity index (χ1) is 8.61. The zero-order valence-electron chi connectivity index (χ0n) is 9.74. The molecule has 4 nitrogen and oxygen atoms in total. The second-order valence-corrected chi connectivity index (χ2v) is 4.16. The van der Waals surface area contributed by atoms with E-state index in [0.717, 1.165) is 12.0 Å². The highest BCUT2D eigenvalue weighted by Gasteiger charge is 2.10. The Hall–Kier alpha value is -1.94. The number of carbonyl (C=O) groups excluding carboxylic acids is 1. The summed E-state index contributed by atoms with van der Waals surface area (Å²) in [7, 11) is 0. The molecule has 0 saturated heterocycles. The van der Waals surface area contributed by atoms with Crippen LogP contribution in [0.5, 0.6) is 0 Å². The van der Waals surface area contributed by atoms with Crippen LogP contribution in [0.3, 0.4) is 0 Å². The Morgan fingerprint density at radius 1 is 1.33 bits per heavy atom. The number of nitrogens with zero attached hydrogens (tertiary/aromatic N) is 1. The average Bonchev–Trinajstić information content (AvgIpc) is 2.39. The van der Waals surface area contributed by atoms with Crippen molar-refractivity contribution in [2.45, 2.75) is 13.3 Å². The molecule has 1 aromatic heterocycles. The molecule has 0 radical (unpaired) electrons. The van der Waals surface area contributed by atoms with Crippen LogP contribution in [-0.4, -0.2) is 15.4 Å². The van der Waals surface area contributed by atoms with Gasteiger partial charge < -0.3 is 0 Å². The van der Waals surface area contributed by atoms with Crippen LogP contribution in [0.15, 0.2) is 35.1 Å². The predicted molar refractivity (Wildman–Crippen MR) is 69.9 cm³/mol. The first-order valence-corrected chi connectivity index (χ1v) is 5.88. The summed E-state index contributed by atoms with van der Waals surface area (Å²) in [6.45, 7) is 2.07. The van der Waals surface area contributed by atoms with E-state index in [-0.39, 0.29) is 5.56 Å². The van der Waals surface area contributed by atoms with Crippen LogP contribution >= 0.6 is 11.6 Å². The van der Waals surface area contributed by atoms with Gasteiger partial charge in [0.25, 0.3) is 10.8 Å². The van der Waals surface area contributed by atoms with E-state index in [4.69, 9.17) is 11.6 Å². The minimum absolute atomic E-state index is 0.0961. The molecule has 2 aromatic rings. The lowest BCUT2D eigenvalue weighted by Crippen LogP contribution is -2.16. The lowest BCUT2D eigenvalue weighted by atomic mass is 10.1. The van der Waals surface area contributed by atoms with Crippen molar-refractivity contribution >= 4 is 16.8 Å². The van der Waals surface area contributed by atoms with Crippen LogP contribution in [0.25, 0.3) is 11.3 Å². The number of carbonyl (C=O) groups is 1. The zero-order chi connectivity index (χ0) is 13.1. The maximum absolute atomic E-state index is 11.3. The standard InChI is InChI=1S/C13H11ClN2O2/c1-2-8-3-5-9(6-4-8)11-7-10(12(14)17)13(18)16-15-11/h3-7H,2H2,1H3,(H,16,18). The molecule has 5 heteroatoms.